The lowest BCUT2D eigenvalue weighted by atomic mass is 10.2. The zero-order valence-electron chi connectivity index (χ0n) is 5.30. The Bertz CT molecular complexity index is 235. The van der Waals surface area contributed by atoms with Crippen LogP contribution in [0, 0.1) is 0 Å². The van der Waals surface area contributed by atoms with Crippen LogP contribution < -0.4 is 0 Å². The Hall–Kier alpha value is -0.760. The Labute approximate surface area is 68.1 Å². The van der Waals surface area contributed by atoms with Crippen molar-refractivity contribution in [1.82, 2.24) is 0 Å². The van der Waals surface area contributed by atoms with Gasteiger partial charge in [0.1, 0.15) is 0 Å². The maximum Gasteiger partial charge on any atom is 0.186 e. The van der Waals surface area contributed by atoms with Gasteiger partial charge in [-0.15, -0.1) is 0 Å². The molecule has 1 rings (SSSR count). The van der Waals surface area contributed by atoms with Gasteiger partial charge in [0.05, 0.1) is 0 Å². The van der Waals surface area contributed by atoms with Gasteiger partial charge in [-0.1, -0.05) is 34.7 Å². The monoisotopic (exact) mass is 197 g/mol. The van der Waals surface area contributed by atoms with E-state index in [-0.39, 0.29) is 5.75 Å². The molecule has 0 spiro atoms. The third-order valence-electron chi connectivity index (χ3n) is 1.22. The SMILES string of the molecule is C=Cc1c([O])cccc1Br. The van der Waals surface area contributed by atoms with E-state index < -0.39 is 0 Å². The molecule has 1 aromatic carbocycles. The molecule has 51 valence electrons. The van der Waals surface area contributed by atoms with Crippen molar-refractivity contribution in [2.24, 2.45) is 0 Å². The normalized spacial score (nSPS) is 9.30. The van der Waals surface area contributed by atoms with Gasteiger partial charge in [-0.25, -0.2) is 0 Å². The summed E-state index contributed by atoms with van der Waals surface area (Å²) in [6.07, 6.45) is 1.55. The molecule has 0 aliphatic rings. The van der Waals surface area contributed by atoms with Crippen LogP contribution in [0.5, 0.6) is 5.75 Å². The van der Waals surface area contributed by atoms with E-state index in [4.69, 9.17) is 0 Å². The standard InChI is InChI=1S/C8H6BrO/c1-2-6-7(9)4-3-5-8(6)10/h2-5H,1H2. The Morgan fingerprint density at radius 3 is 2.60 bits per heavy atom. The summed E-state index contributed by atoms with van der Waals surface area (Å²) in [5.74, 6) is 0.00405. The molecule has 0 saturated carbocycles. The Kier molecular flexibility index (Phi) is 2.12. The molecule has 0 unspecified atom stereocenters. The van der Waals surface area contributed by atoms with Crippen LogP contribution in [0.1, 0.15) is 5.56 Å². The first-order valence-corrected chi connectivity index (χ1v) is 3.63. The second-order valence-corrected chi connectivity index (χ2v) is 2.71. The highest BCUT2D eigenvalue weighted by Gasteiger charge is 2.00. The summed E-state index contributed by atoms with van der Waals surface area (Å²) in [5, 5.41) is 11.0. The van der Waals surface area contributed by atoms with Crippen molar-refractivity contribution in [3.8, 4) is 5.75 Å². The summed E-state index contributed by atoms with van der Waals surface area (Å²) >= 11 is 3.24. The van der Waals surface area contributed by atoms with Gasteiger partial charge in [-0.05, 0) is 12.1 Å². The summed E-state index contributed by atoms with van der Waals surface area (Å²) in [4.78, 5) is 0. The first-order valence-electron chi connectivity index (χ1n) is 2.83. The highest BCUT2D eigenvalue weighted by Crippen LogP contribution is 2.26. The first kappa shape index (κ1) is 7.35. The molecule has 0 fully saturated rings. The van der Waals surface area contributed by atoms with Gasteiger partial charge in [0, 0.05) is 10.0 Å². The molecule has 0 heterocycles. The molecule has 0 bridgehead atoms. The fourth-order valence-corrected chi connectivity index (χ4v) is 1.23. The second kappa shape index (κ2) is 2.88. The number of rotatable bonds is 1. The lowest BCUT2D eigenvalue weighted by molar-refractivity contribution is 0.353. The zero-order chi connectivity index (χ0) is 7.56. The van der Waals surface area contributed by atoms with E-state index in [0.29, 0.717) is 5.56 Å². The molecule has 1 nitrogen and oxygen atoms in total. The van der Waals surface area contributed by atoms with E-state index in [2.05, 4.69) is 22.5 Å². The summed E-state index contributed by atoms with van der Waals surface area (Å²) in [6.45, 7) is 3.52. The topological polar surface area (TPSA) is 19.9 Å². The molecule has 0 atom stereocenters. The van der Waals surface area contributed by atoms with Crippen LogP contribution in [-0.4, -0.2) is 0 Å². The van der Waals surface area contributed by atoms with Crippen LogP contribution in [-0.2, 0) is 5.11 Å². The molecule has 1 aromatic rings. The van der Waals surface area contributed by atoms with E-state index in [1.165, 1.54) is 6.07 Å². The summed E-state index contributed by atoms with van der Waals surface area (Å²) in [7, 11) is 0. The highest BCUT2D eigenvalue weighted by atomic mass is 79.9. The van der Waals surface area contributed by atoms with Crippen LogP contribution in [0.15, 0.2) is 29.3 Å². The molecule has 2 heteroatoms. The van der Waals surface area contributed by atoms with Gasteiger partial charge in [-0.3, -0.25) is 5.11 Å². The Morgan fingerprint density at radius 2 is 2.20 bits per heavy atom. The van der Waals surface area contributed by atoms with Crippen LogP contribution in [0.25, 0.3) is 6.08 Å². The zero-order valence-corrected chi connectivity index (χ0v) is 6.89. The van der Waals surface area contributed by atoms with E-state index in [1.54, 1.807) is 12.1 Å². The van der Waals surface area contributed by atoms with Gasteiger partial charge in [0.2, 0.25) is 0 Å². The van der Waals surface area contributed by atoms with Gasteiger partial charge >= 0.3 is 0 Å². The predicted octanol–water partition coefficient (Wildman–Crippen LogP) is 3.24. The van der Waals surface area contributed by atoms with Crippen LogP contribution in [0.2, 0.25) is 0 Å². The lowest BCUT2D eigenvalue weighted by Gasteiger charge is -1.96. The summed E-state index contributed by atoms with van der Waals surface area (Å²) in [6, 6.07) is 5.04. The molecule has 0 aliphatic heterocycles. The van der Waals surface area contributed by atoms with Crippen molar-refractivity contribution in [2.75, 3.05) is 0 Å². The molecule has 10 heavy (non-hydrogen) atoms. The molecular weight excluding hydrogens is 192 g/mol. The Balaban J connectivity index is 3.30. The van der Waals surface area contributed by atoms with Gasteiger partial charge in [-0.2, -0.15) is 0 Å². The third-order valence-corrected chi connectivity index (χ3v) is 1.91. The van der Waals surface area contributed by atoms with Gasteiger partial charge in [0.25, 0.3) is 0 Å². The van der Waals surface area contributed by atoms with Gasteiger partial charge in [0.15, 0.2) is 5.75 Å². The lowest BCUT2D eigenvalue weighted by Crippen LogP contribution is -1.73. The first-order chi connectivity index (χ1) is 4.75. The van der Waals surface area contributed by atoms with Crippen molar-refractivity contribution < 1.29 is 5.11 Å². The summed E-state index contributed by atoms with van der Waals surface area (Å²) < 4.78 is 0.801. The average Bonchev–Trinajstić information content (AvgIpc) is 1.88. The minimum absolute atomic E-state index is 0.00405. The smallest absolute Gasteiger partial charge is 0.186 e. The number of halogens is 1. The number of hydrogen-bond acceptors (Lipinski definition) is 0. The molecule has 0 N–H and O–H groups in total. The van der Waals surface area contributed by atoms with Crippen molar-refractivity contribution in [3.63, 3.8) is 0 Å². The molecule has 0 saturated heterocycles. The maximum absolute atomic E-state index is 11.0. The van der Waals surface area contributed by atoms with Crippen LogP contribution in [0.3, 0.4) is 0 Å². The minimum Gasteiger partial charge on any atom is -0.289 e. The second-order valence-electron chi connectivity index (χ2n) is 1.86. The van der Waals surface area contributed by atoms with Gasteiger partial charge < -0.3 is 0 Å². The third kappa shape index (κ3) is 1.21. The van der Waals surface area contributed by atoms with E-state index in [9.17, 15) is 5.11 Å². The van der Waals surface area contributed by atoms with Crippen LogP contribution >= 0.6 is 15.9 Å². The highest BCUT2D eigenvalue weighted by molar-refractivity contribution is 9.10. The molecule has 0 amide bonds. The average molecular weight is 198 g/mol. The van der Waals surface area contributed by atoms with E-state index in [1.807, 2.05) is 6.07 Å². The van der Waals surface area contributed by atoms with E-state index in [0.717, 1.165) is 4.47 Å². The number of hydrogen-bond donors (Lipinski definition) is 0. The maximum atomic E-state index is 11.0. The largest absolute Gasteiger partial charge is 0.289 e. The van der Waals surface area contributed by atoms with Crippen LogP contribution in [0.4, 0.5) is 0 Å². The van der Waals surface area contributed by atoms with Crippen molar-refractivity contribution in [2.45, 2.75) is 0 Å². The molecule has 1 radical (unpaired) electrons. The van der Waals surface area contributed by atoms with Crippen molar-refractivity contribution in [1.29, 1.82) is 0 Å². The fourth-order valence-electron chi connectivity index (χ4n) is 0.715. The quantitative estimate of drug-likeness (QED) is 0.660. The van der Waals surface area contributed by atoms with E-state index >= 15 is 0 Å². The van der Waals surface area contributed by atoms with Crippen molar-refractivity contribution >= 4 is 22.0 Å². The summed E-state index contributed by atoms with van der Waals surface area (Å²) in [5.41, 5.74) is 0.627. The molecular formula is C8H6BrO. The fraction of sp³-hybridized carbons (Fsp3) is 0. The minimum atomic E-state index is 0.00405. The Morgan fingerprint density at radius 1 is 1.50 bits per heavy atom. The van der Waals surface area contributed by atoms with Crippen molar-refractivity contribution in [3.05, 3.63) is 34.8 Å². The molecule has 0 aromatic heterocycles. The molecule has 0 aliphatic carbocycles. The predicted molar refractivity (Wildman–Crippen MR) is 44.4 cm³/mol. The number of benzene rings is 1.